The van der Waals surface area contributed by atoms with Crippen molar-refractivity contribution in [1.29, 1.82) is 0 Å². The van der Waals surface area contributed by atoms with Crippen LogP contribution in [0.4, 0.5) is 8.78 Å². The van der Waals surface area contributed by atoms with Crippen LogP contribution in [0.25, 0.3) is 5.69 Å². The van der Waals surface area contributed by atoms with E-state index in [9.17, 15) is 18.4 Å². The van der Waals surface area contributed by atoms with Gasteiger partial charge in [0.15, 0.2) is 0 Å². The molecule has 1 heterocycles. The van der Waals surface area contributed by atoms with E-state index >= 15 is 0 Å². The summed E-state index contributed by atoms with van der Waals surface area (Å²) in [4.78, 5) is 27.6. The first-order valence-electron chi connectivity index (χ1n) is 6.19. The lowest BCUT2D eigenvalue weighted by Crippen LogP contribution is -2.25. The molecular weight excluding hydrogens is 300 g/mol. The third kappa shape index (κ3) is 3.17. The van der Waals surface area contributed by atoms with Gasteiger partial charge in [0.2, 0.25) is 5.91 Å². The largest absolute Gasteiger partial charge is 0.368 e. The van der Waals surface area contributed by atoms with Crippen molar-refractivity contribution >= 4 is 5.91 Å². The number of amides is 1. The molecule has 0 bridgehead atoms. The number of nitrogens with zero attached hydrogens (tertiary/aromatic N) is 4. The minimum absolute atomic E-state index is 0.0360. The van der Waals surface area contributed by atoms with Crippen LogP contribution in [-0.2, 0) is 23.3 Å². The second kappa shape index (κ2) is 6.43. The van der Waals surface area contributed by atoms with Gasteiger partial charge in [0.1, 0.15) is 6.61 Å². The van der Waals surface area contributed by atoms with Gasteiger partial charge in [-0.05, 0) is 16.5 Å². The van der Waals surface area contributed by atoms with Gasteiger partial charge in [-0.25, -0.2) is 19.1 Å². The lowest BCUT2D eigenvalue weighted by molar-refractivity contribution is -0.132. The van der Waals surface area contributed by atoms with E-state index in [-0.39, 0.29) is 23.4 Å². The number of rotatable bonds is 5. The first kappa shape index (κ1) is 15.8. The Balaban J connectivity index is 2.48. The molecule has 2 rings (SSSR count). The highest BCUT2D eigenvalue weighted by molar-refractivity contribution is 5.71. The van der Waals surface area contributed by atoms with Crippen molar-refractivity contribution in [2.75, 3.05) is 0 Å². The van der Waals surface area contributed by atoms with Crippen LogP contribution in [0.1, 0.15) is 24.5 Å². The third-order valence-corrected chi connectivity index (χ3v) is 2.80. The fourth-order valence-corrected chi connectivity index (χ4v) is 1.83. The fraction of sp³-hybridized carbons (Fsp3) is 0.333. The molecule has 118 valence electrons. The number of hydrogen-bond acceptors (Lipinski definition) is 5. The molecule has 1 aromatic heterocycles. The Hall–Kier alpha value is -2.62. The molecule has 0 atom stereocenters. The number of alkyl halides is 2. The predicted molar refractivity (Wildman–Crippen MR) is 70.2 cm³/mol. The van der Waals surface area contributed by atoms with Gasteiger partial charge in [-0.3, -0.25) is 9.63 Å². The van der Waals surface area contributed by atoms with Crippen LogP contribution in [0, 0.1) is 0 Å². The number of hydroxylamine groups is 1. The first-order chi connectivity index (χ1) is 10.4. The molecule has 22 heavy (non-hydrogen) atoms. The monoisotopic (exact) mass is 313 g/mol. The van der Waals surface area contributed by atoms with Gasteiger partial charge in [-0.2, -0.15) is 9.36 Å². The summed E-state index contributed by atoms with van der Waals surface area (Å²) >= 11 is 0. The SMILES string of the molecule is CC(=O)NOCc1c(C(F)F)cccc1-n1nnn(C)c1=O. The summed E-state index contributed by atoms with van der Waals surface area (Å²) in [5.41, 5.74) is 1.28. The maximum atomic E-state index is 13.1. The molecule has 0 spiro atoms. The number of nitrogens with one attached hydrogen (secondary N) is 1. The average molecular weight is 313 g/mol. The summed E-state index contributed by atoms with van der Waals surface area (Å²) in [6.45, 7) is 0.867. The lowest BCUT2D eigenvalue weighted by atomic mass is 10.1. The standard InChI is InChI=1S/C12H13F2N5O3/c1-7(20)15-22-6-9-8(11(13)14)4-3-5-10(9)19-12(21)18(2)16-17-19/h3-5,11H,6H2,1-2H3,(H,15,20). The molecule has 10 heteroatoms. The van der Waals surface area contributed by atoms with Crippen LogP contribution in [0.5, 0.6) is 0 Å². The van der Waals surface area contributed by atoms with Crippen LogP contribution in [0.3, 0.4) is 0 Å². The summed E-state index contributed by atoms with van der Waals surface area (Å²) < 4.78 is 28.1. The zero-order chi connectivity index (χ0) is 16.3. The number of carbonyl (C=O) groups is 1. The van der Waals surface area contributed by atoms with Crippen molar-refractivity contribution < 1.29 is 18.4 Å². The van der Waals surface area contributed by atoms with Crippen LogP contribution in [0.15, 0.2) is 23.0 Å². The molecule has 8 nitrogen and oxygen atoms in total. The number of halogens is 2. The number of hydrogen-bond donors (Lipinski definition) is 1. The molecule has 0 fully saturated rings. The number of benzene rings is 1. The number of carbonyl (C=O) groups excluding carboxylic acids is 1. The molecule has 0 aliphatic carbocycles. The van der Waals surface area contributed by atoms with Crippen LogP contribution in [-0.4, -0.2) is 25.7 Å². The smallest absolute Gasteiger partial charge is 0.273 e. The zero-order valence-corrected chi connectivity index (χ0v) is 11.8. The van der Waals surface area contributed by atoms with Gasteiger partial charge < -0.3 is 0 Å². The molecular formula is C12H13F2N5O3. The van der Waals surface area contributed by atoms with Crippen LogP contribution in [0.2, 0.25) is 0 Å². The fourth-order valence-electron chi connectivity index (χ4n) is 1.83. The van der Waals surface area contributed by atoms with Crippen molar-refractivity contribution in [2.45, 2.75) is 20.0 Å². The van der Waals surface area contributed by atoms with Crippen molar-refractivity contribution in [2.24, 2.45) is 7.05 Å². The van der Waals surface area contributed by atoms with Gasteiger partial charge in [0, 0.05) is 25.1 Å². The molecule has 1 N–H and O–H groups in total. The second-order valence-corrected chi connectivity index (χ2v) is 4.39. The molecule has 0 saturated heterocycles. The number of aromatic nitrogens is 4. The maximum absolute atomic E-state index is 13.1. The maximum Gasteiger partial charge on any atom is 0.368 e. The van der Waals surface area contributed by atoms with E-state index in [0.717, 1.165) is 9.36 Å². The summed E-state index contributed by atoms with van der Waals surface area (Å²) in [5, 5.41) is 7.15. The Morgan fingerprint density at radius 2 is 2.14 bits per heavy atom. The van der Waals surface area contributed by atoms with Crippen molar-refractivity contribution in [3.63, 3.8) is 0 Å². The van der Waals surface area contributed by atoms with Gasteiger partial charge >= 0.3 is 5.69 Å². The summed E-state index contributed by atoms with van der Waals surface area (Å²) in [6, 6.07) is 4.02. The second-order valence-electron chi connectivity index (χ2n) is 4.39. The molecule has 1 amide bonds. The average Bonchev–Trinajstić information content (AvgIpc) is 2.78. The molecule has 1 aromatic carbocycles. The van der Waals surface area contributed by atoms with E-state index in [1.807, 2.05) is 5.48 Å². The van der Waals surface area contributed by atoms with Crippen molar-refractivity contribution in [1.82, 2.24) is 25.3 Å². The quantitative estimate of drug-likeness (QED) is 0.810. The minimum atomic E-state index is -2.77. The first-order valence-corrected chi connectivity index (χ1v) is 6.19. The van der Waals surface area contributed by atoms with E-state index < -0.39 is 18.0 Å². The minimum Gasteiger partial charge on any atom is -0.273 e. The Morgan fingerprint density at radius 1 is 1.41 bits per heavy atom. The number of tetrazole rings is 1. The van der Waals surface area contributed by atoms with Gasteiger partial charge in [0.05, 0.1) is 5.69 Å². The predicted octanol–water partition coefficient (Wildman–Crippen LogP) is 0.471. The molecule has 2 aromatic rings. The highest BCUT2D eigenvalue weighted by Crippen LogP contribution is 2.27. The Kier molecular flexibility index (Phi) is 4.61. The normalized spacial score (nSPS) is 11.0. The van der Waals surface area contributed by atoms with Crippen LogP contribution < -0.4 is 11.2 Å². The van der Waals surface area contributed by atoms with E-state index in [4.69, 9.17) is 4.84 Å². The van der Waals surface area contributed by atoms with E-state index in [2.05, 4.69) is 10.4 Å². The van der Waals surface area contributed by atoms with Crippen molar-refractivity contribution in [3.05, 3.63) is 39.8 Å². The van der Waals surface area contributed by atoms with Gasteiger partial charge in [0.25, 0.3) is 6.43 Å². The Bertz CT molecular complexity index is 741. The molecule has 0 aliphatic rings. The van der Waals surface area contributed by atoms with E-state index in [1.165, 1.54) is 32.2 Å². The zero-order valence-electron chi connectivity index (χ0n) is 11.8. The van der Waals surface area contributed by atoms with E-state index in [1.54, 1.807) is 0 Å². The van der Waals surface area contributed by atoms with E-state index in [0.29, 0.717) is 0 Å². The Morgan fingerprint density at radius 3 is 2.68 bits per heavy atom. The molecule has 0 aliphatic heterocycles. The molecule has 0 unspecified atom stereocenters. The third-order valence-electron chi connectivity index (χ3n) is 2.80. The highest BCUT2D eigenvalue weighted by atomic mass is 19.3. The topological polar surface area (TPSA) is 91.0 Å². The molecule has 0 radical (unpaired) electrons. The summed E-state index contributed by atoms with van der Waals surface area (Å²) in [6.07, 6.45) is -2.77. The summed E-state index contributed by atoms with van der Waals surface area (Å²) in [5.74, 6) is -0.479. The highest BCUT2D eigenvalue weighted by Gasteiger charge is 2.19. The van der Waals surface area contributed by atoms with Gasteiger partial charge in [-0.15, -0.1) is 0 Å². The van der Waals surface area contributed by atoms with Gasteiger partial charge in [-0.1, -0.05) is 12.1 Å². The number of aryl methyl sites for hydroxylation is 1. The Labute approximate surface area is 123 Å². The lowest BCUT2D eigenvalue weighted by Gasteiger charge is -2.13. The van der Waals surface area contributed by atoms with Crippen molar-refractivity contribution in [3.8, 4) is 5.69 Å². The summed E-state index contributed by atoms with van der Waals surface area (Å²) in [7, 11) is 1.39. The van der Waals surface area contributed by atoms with Crippen LogP contribution >= 0.6 is 0 Å². The molecule has 0 saturated carbocycles.